The molecule has 0 spiro atoms. The van der Waals surface area contributed by atoms with Crippen LogP contribution in [0.25, 0.3) is 0 Å². The molecule has 86 valence electrons. The minimum atomic E-state index is -0.474. The standard InChI is InChI=1S/C11H14N2O3/c1-7(2)10(11(12)14)8-3-5-9(6-4-8)13(15)16/h3-7,10H,1-2H3,(H2,12,14). The van der Waals surface area contributed by atoms with Crippen LogP contribution >= 0.6 is 0 Å². The summed E-state index contributed by atoms with van der Waals surface area (Å²) in [4.78, 5) is 21.2. The van der Waals surface area contributed by atoms with Gasteiger partial charge in [-0.25, -0.2) is 0 Å². The number of carbonyl (C=O) groups is 1. The molecule has 0 fully saturated rings. The van der Waals surface area contributed by atoms with Gasteiger partial charge in [-0.15, -0.1) is 0 Å². The summed E-state index contributed by atoms with van der Waals surface area (Å²) in [6.45, 7) is 3.77. The third-order valence-corrected chi connectivity index (χ3v) is 2.44. The zero-order valence-corrected chi connectivity index (χ0v) is 9.21. The van der Waals surface area contributed by atoms with E-state index in [2.05, 4.69) is 0 Å². The predicted molar refractivity (Wildman–Crippen MR) is 59.9 cm³/mol. The largest absolute Gasteiger partial charge is 0.369 e. The first kappa shape index (κ1) is 12.2. The Bertz CT molecular complexity index is 398. The van der Waals surface area contributed by atoms with Crippen LogP contribution in [0, 0.1) is 16.0 Å². The number of nitro groups is 1. The number of nitrogens with two attached hydrogens (primary N) is 1. The second kappa shape index (κ2) is 4.74. The fraction of sp³-hybridized carbons (Fsp3) is 0.364. The van der Waals surface area contributed by atoms with Gasteiger partial charge < -0.3 is 5.73 Å². The highest BCUT2D eigenvalue weighted by Crippen LogP contribution is 2.25. The Morgan fingerprint density at radius 2 is 1.81 bits per heavy atom. The van der Waals surface area contributed by atoms with Crippen molar-refractivity contribution in [2.45, 2.75) is 19.8 Å². The van der Waals surface area contributed by atoms with E-state index < -0.39 is 16.7 Å². The topological polar surface area (TPSA) is 86.2 Å². The van der Waals surface area contributed by atoms with Gasteiger partial charge >= 0.3 is 0 Å². The second-order valence-corrected chi connectivity index (χ2v) is 3.97. The lowest BCUT2D eigenvalue weighted by Gasteiger charge is -2.17. The van der Waals surface area contributed by atoms with Crippen molar-refractivity contribution in [1.29, 1.82) is 0 Å². The molecule has 1 aromatic rings. The minimum Gasteiger partial charge on any atom is -0.369 e. The van der Waals surface area contributed by atoms with Crippen LogP contribution in [0.5, 0.6) is 0 Å². The van der Waals surface area contributed by atoms with Crippen LogP contribution in [-0.4, -0.2) is 10.8 Å². The average Bonchev–Trinajstić information content (AvgIpc) is 2.17. The Labute approximate surface area is 93.4 Å². The number of hydrogen-bond donors (Lipinski definition) is 1. The Morgan fingerprint density at radius 1 is 1.31 bits per heavy atom. The first-order chi connectivity index (χ1) is 7.43. The number of primary amides is 1. The highest BCUT2D eigenvalue weighted by molar-refractivity contribution is 5.82. The summed E-state index contributed by atoms with van der Waals surface area (Å²) in [6.07, 6.45) is 0. The summed E-state index contributed by atoms with van der Waals surface area (Å²) in [5.74, 6) is -0.747. The quantitative estimate of drug-likeness (QED) is 0.622. The molecule has 0 saturated carbocycles. The fourth-order valence-corrected chi connectivity index (χ4v) is 1.68. The maximum absolute atomic E-state index is 11.2. The second-order valence-electron chi connectivity index (χ2n) is 3.97. The van der Waals surface area contributed by atoms with Crippen molar-refractivity contribution in [2.24, 2.45) is 11.7 Å². The van der Waals surface area contributed by atoms with Crippen molar-refractivity contribution in [3.05, 3.63) is 39.9 Å². The number of amides is 1. The molecule has 0 saturated heterocycles. The van der Waals surface area contributed by atoms with Crippen LogP contribution in [0.1, 0.15) is 25.3 Å². The molecule has 1 rings (SSSR count). The smallest absolute Gasteiger partial charge is 0.269 e. The molecule has 0 aromatic heterocycles. The molecule has 2 N–H and O–H groups in total. The number of hydrogen-bond acceptors (Lipinski definition) is 3. The highest BCUT2D eigenvalue weighted by atomic mass is 16.6. The zero-order valence-electron chi connectivity index (χ0n) is 9.21. The number of benzene rings is 1. The third-order valence-electron chi connectivity index (χ3n) is 2.44. The van der Waals surface area contributed by atoms with E-state index in [0.717, 1.165) is 0 Å². The highest BCUT2D eigenvalue weighted by Gasteiger charge is 2.22. The van der Waals surface area contributed by atoms with E-state index in [1.165, 1.54) is 12.1 Å². The van der Waals surface area contributed by atoms with E-state index >= 15 is 0 Å². The van der Waals surface area contributed by atoms with E-state index in [4.69, 9.17) is 5.73 Å². The monoisotopic (exact) mass is 222 g/mol. The first-order valence-corrected chi connectivity index (χ1v) is 4.97. The maximum Gasteiger partial charge on any atom is 0.269 e. The molecule has 0 aliphatic rings. The molecule has 0 heterocycles. The maximum atomic E-state index is 11.2. The predicted octanol–water partition coefficient (Wildman–Crippen LogP) is 1.82. The van der Waals surface area contributed by atoms with Gasteiger partial charge in [-0.2, -0.15) is 0 Å². The van der Waals surface area contributed by atoms with Gasteiger partial charge in [0.1, 0.15) is 0 Å². The summed E-state index contributed by atoms with van der Waals surface area (Å²) in [6, 6.07) is 5.92. The van der Waals surface area contributed by atoms with E-state index in [1.807, 2.05) is 13.8 Å². The van der Waals surface area contributed by atoms with Crippen LogP contribution in [0.4, 0.5) is 5.69 Å². The van der Waals surface area contributed by atoms with E-state index in [-0.39, 0.29) is 11.6 Å². The lowest BCUT2D eigenvalue weighted by Crippen LogP contribution is -2.25. The Balaban J connectivity index is 3.03. The van der Waals surface area contributed by atoms with Crippen molar-refractivity contribution in [1.82, 2.24) is 0 Å². The van der Waals surface area contributed by atoms with Gasteiger partial charge in [-0.1, -0.05) is 26.0 Å². The SMILES string of the molecule is CC(C)C(C(N)=O)c1ccc([N+](=O)[O-])cc1. The summed E-state index contributed by atoms with van der Waals surface area (Å²) < 4.78 is 0. The van der Waals surface area contributed by atoms with Crippen LogP contribution in [-0.2, 0) is 4.79 Å². The summed E-state index contributed by atoms with van der Waals surface area (Å²) in [5.41, 5.74) is 6.02. The van der Waals surface area contributed by atoms with Crippen LogP contribution in [0.3, 0.4) is 0 Å². The van der Waals surface area contributed by atoms with Crippen molar-refractivity contribution in [3.63, 3.8) is 0 Å². The van der Waals surface area contributed by atoms with Crippen molar-refractivity contribution in [3.8, 4) is 0 Å². The van der Waals surface area contributed by atoms with E-state index in [1.54, 1.807) is 12.1 Å². The molecular formula is C11H14N2O3. The van der Waals surface area contributed by atoms with Crippen molar-refractivity contribution < 1.29 is 9.72 Å². The molecule has 0 bridgehead atoms. The number of nitrogens with zero attached hydrogens (tertiary/aromatic N) is 1. The van der Waals surface area contributed by atoms with Gasteiger partial charge in [0.15, 0.2) is 0 Å². The van der Waals surface area contributed by atoms with E-state index in [0.29, 0.717) is 5.56 Å². The normalized spacial score (nSPS) is 12.4. The third kappa shape index (κ3) is 2.56. The lowest BCUT2D eigenvalue weighted by molar-refractivity contribution is -0.384. The van der Waals surface area contributed by atoms with Gasteiger partial charge in [-0.3, -0.25) is 14.9 Å². The van der Waals surface area contributed by atoms with Crippen LogP contribution < -0.4 is 5.73 Å². The Morgan fingerprint density at radius 3 is 2.12 bits per heavy atom. The summed E-state index contributed by atoms with van der Waals surface area (Å²) >= 11 is 0. The molecule has 0 aliphatic carbocycles. The number of nitro benzene ring substituents is 1. The van der Waals surface area contributed by atoms with Gasteiger partial charge in [0.25, 0.3) is 5.69 Å². The average molecular weight is 222 g/mol. The van der Waals surface area contributed by atoms with Gasteiger partial charge in [-0.05, 0) is 11.5 Å². The molecule has 5 heteroatoms. The van der Waals surface area contributed by atoms with Crippen molar-refractivity contribution >= 4 is 11.6 Å². The van der Waals surface area contributed by atoms with Gasteiger partial charge in [0, 0.05) is 12.1 Å². The lowest BCUT2D eigenvalue weighted by atomic mass is 9.88. The molecule has 1 amide bonds. The molecule has 0 radical (unpaired) electrons. The molecule has 1 atom stereocenters. The van der Waals surface area contributed by atoms with Gasteiger partial charge in [0.2, 0.25) is 5.91 Å². The minimum absolute atomic E-state index is 0.00993. The summed E-state index contributed by atoms with van der Waals surface area (Å²) in [5, 5.41) is 10.5. The van der Waals surface area contributed by atoms with Crippen LogP contribution in [0.15, 0.2) is 24.3 Å². The van der Waals surface area contributed by atoms with Crippen molar-refractivity contribution in [2.75, 3.05) is 0 Å². The molecular weight excluding hydrogens is 208 g/mol. The number of non-ortho nitro benzene ring substituents is 1. The number of rotatable bonds is 4. The molecule has 1 aromatic carbocycles. The molecule has 1 unspecified atom stereocenters. The van der Waals surface area contributed by atoms with E-state index in [9.17, 15) is 14.9 Å². The molecule has 5 nitrogen and oxygen atoms in total. The molecule has 16 heavy (non-hydrogen) atoms. The first-order valence-electron chi connectivity index (χ1n) is 4.97. The van der Waals surface area contributed by atoms with Gasteiger partial charge in [0.05, 0.1) is 10.8 Å². The Kier molecular flexibility index (Phi) is 3.60. The summed E-state index contributed by atoms with van der Waals surface area (Å²) in [7, 11) is 0. The zero-order chi connectivity index (χ0) is 12.3. The number of carbonyl (C=O) groups excluding carboxylic acids is 1. The Hall–Kier alpha value is -1.91. The van der Waals surface area contributed by atoms with Crippen LogP contribution in [0.2, 0.25) is 0 Å². The molecule has 0 aliphatic heterocycles. The fourth-order valence-electron chi connectivity index (χ4n) is 1.68.